The summed E-state index contributed by atoms with van der Waals surface area (Å²) in [6.07, 6.45) is 1.07. The highest BCUT2D eigenvalue weighted by molar-refractivity contribution is 7.82. The standard InChI is InChI=1S/C8H14N4OS.C2H6/c1-11-3-2-4-12-7(6-11)5-8(10-12)14(9)13;1-2/h5H,2-4,6,9H2,1H3;1-2H3. The molecule has 0 aliphatic carbocycles. The van der Waals surface area contributed by atoms with Crippen LogP contribution in [0.25, 0.3) is 0 Å². The van der Waals surface area contributed by atoms with Gasteiger partial charge in [-0.3, -0.25) is 4.68 Å². The van der Waals surface area contributed by atoms with Crippen LogP contribution in [0.3, 0.4) is 0 Å². The summed E-state index contributed by atoms with van der Waals surface area (Å²) < 4.78 is 12.9. The van der Waals surface area contributed by atoms with Crippen LogP contribution in [-0.2, 0) is 24.1 Å². The summed E-state index contributed by atoms with van der Waals surface area (Å²) in [7, 11) is 0.610. The predicted octanol–water partition coefficient (Wildman–Crippen LogP) is 0.726. The zero-order valence-electron chi connectivity index (χ0n) is 10.1. The maximum absolute atomic E-state index is 11.0. The van der Waals surface area contributed by atoms with Gasteiger partial charge in [-0.05, 0) is 19.5 Å². The smallest absolute Gasteiger partial charge is 0.164 e. The Morgan fingerprint density at radius 1 is 1.44 bits per heavy atom. The van der Waals surface area contributed by atoms with Gasteiger partial charge in [0.05, 0.1) is 5.69 Å². The van der Waals surface area contributed by atoms with Crippen molar-refractivity contribution in [2.24, 2.45) is 5.14 Å². The van der Waals surface area contributed by atoms with Gasteiger partial charge in [-0.25, -0.2) is 9.35 Å². The first-order chi connectivity index (χ1) is 7.66. The molecule has 1 unspecified atom stereocenters. The number of fused-ring (bicyclic) bond motifs is 1. The molecule has 16 heavy (non-hydrogen) atoms. The Kier molecular flexibility index (Phi) is 5.11. The molecule has 0 amide bonds. The fraction of sp³-hybridized carbons (Fsp3) is 0.700. The minimum absolute atomic E-state index is 0.482. The van der Waals surface area contributed by atoms with E-state index in [0.717, 1.165) is 31.7 Å². The minimum Gasteiger partial charge on any atom is -0.300 e. The third-order valence-corrected chi connectivity index (χ3v) is 3.00. The molecule has 6 heteroatoms. The Morgan fingerprint density at radius 2 is 2.12 bits per heavy atom. The van der Waals surface area contributed by atoms with Crippen molar-refractivity contribution in [3.05, 3.63) is 11.8 Å². The van der Waals surface area contributed by atoms with Crippen molar-refractivity contribution in [2.75, 3.05) is 13.6 Å². The first kappa shape index (κ1) is 13.3. The van der Waals surface area contributed by atoms with E-state index in [1.165, 1.54) is 0 Å². The van der Waals surface area contributed by atoms with Gasteiger partial charge in [0.1, 0.15) is 11.0 Å². The molecule has 1 aliphatic heterocycles. The molecule has 0 spiro atoms. The highest BCUT2D eigenvalue weighted by Crippen LogP contribution is 2.13. The largest absolute Gasteiger partial charge is 0.300 e. The molecule has 5 nitrogen and oxygen atoms in total. The van der Waals surface area contributed by atoms with Crippen molar-refractivity contribution in [1.82, 2.24) is 14.7 Å². The Bertz CT molecular complexity index is 364. The van der Waals surface area contributed by atoms with E-state index in [1.54, 1.807) is 0 Å². The second-order valence-electron chi connectivity index (χ2n) is 3.59. The first-order valence-corrected chi connectivity index (χ1v) is 6.79. The van der Waals surface area contributed by atoms with Crippen LogP contribution in [0.4, 0.5) is 0 Å². The van der Waals surface area contributed by atoms with Gasteiger partial charge in [0.15, 0.2) is 5.03 Å². The van der Waals surface area contributed by atoms with Gasteiger partial charge in [-0.2, -0.15) is 5.10 Å². The van der Waals surface area contributed by atoms with E-state index < -0.39 is 11.0 Å². The quantitative estimate of drug-likeness (QED) is 0.792. The van der Waals surface area contributed by atoms with E-state index >= 15 is 0 Å². The van der Waals surface area contributed by atoms with Crippen molar-refractivity contribution in [3.63, 3.8) is 0 Å². The molecule has 92 valence electrons. The molecular formula is C10H20N4OS. The Morgan fingerprint density at radius 3 is 2.75 bits per heavy atom. The first-order valence-electron chi connectivity index (χ1n) is 5.58. The number of hydrogen-bond acceptors (Lipinski definition) is 3. The van der Waals surface area contributed by atoms with E-state index in [9.17, 15) is 4.21 Å². The molecule has 1 atom stereocenters. The molecule has 2 N–H and O–H groups in total. The highest BCUT2D eigenvalue weighted by atomic mass is 32.2. The Hall–Kier alpha value is -0.720. The second kappa shape index (κ2) is 6.12. The molecule has 0 aromatic carbocycles. The van der Waals surface area contributed by atoms with Gasteiger partial charge >= 0.3 is 0 Å². The van der Waals surface area contributed by atoms with Gasteiger partial charge in [-0.1, -0.05) is 13.8 Å². The lowest BCUT2D eigenvalue weighted by atomic mass is 10.4. The zero-order valence-corrected chi connectivity index (χ0v) is 11.0. The van der Waals surface area contributed by atoms with Crippen LogP contribution in [0, 0.1) is 0 Å². The second-order valence-corrected chi connectivity index (χ2v) is 4.60. The number of nitrogens with zero attached hydrogens (tertiary/aromatic N) is 3. The normalized spacial score (nSPS) is 18.0. The molecule has 1 aromatic heterocycles. The summed E-state index contributed by atoms with van der Waals surface area (Å²) in [5, 5.41) is 9.97. The van der Waals surface area contributed by atoms with Crippen LogP contribution in [0.15, 0.2) is 11.1 Å². The molecular weight excluding hydrogens is 224 g/mol. The minimum atomic E-state index is -1.46. The Labute approximate surface area is 99.2 Å². The third kappa shape index (κ3) is 3.13. The van der Waals surface area contributed by atoms with Crippen molar-refractivity contribution < 1.29 is 4.21 Å². The van der Waals surface area contributed by atoms with Gasteiger partial charge < -0.3 is 4.90 Å². The van der Waals surface area contributed by atoms with Crippen LogP contribution < -0.4 is 5.14 Å². The SMILES string of the molecule is CC.CN1CCCn2nc(S(N)=O)cc2C1. The van der Waals surface area contributed by atoms with E-state index in [0.29, 0.717) is 5.03 Å². The summed E-state index contributed by atoms with van der Waals surface area (Å²) in [5.74, 6) is 0. The fourth-order valence-corrected chi connectivity index (χ4v) is 2.13. The van der Waals surface area contributed by atoms with Crippen molar-refractivity contribution in [2.45, 2.75) is 38.4 Å². The van der Waals surface area contributed by atoms with Gasteiger partial charge in [-0.15, -0.1) is 0 Å². The summed E-state index contributed by atoms with van der Waals surface area (Å²) in [4.78, 5) is 2.23. The lowest BCUT2D eigenvalue weighted by molar-refractivity contribution is 0.332. The fourth-order valence-electron chi connectivity index (χ4n) is 1.69. The zero-order chi connectivity index (χ0) is 12.1. The summed E-state index contributed by atoms with van der Waals surface area (Å²) >= 11 is 0. The summed E-state index contributed by atoms with van der Waals surface area (Å²) in [5.41, 5.74) is 1.10. The van der Waals surface area contributed by atoms with Crippen molar-refractivity contribution in [3.8, 4) is 0 Å². The van der Waals surface area contributed by atoms with E-state index in [-0.39, 0.29) is 0 Å². The molecule has 2 heterocycles. The van der Waals surface area contributed by atoms with Crippen LogP contribution in [0.5, 0.6) is 0 Å². The maximum atomic E-state index is 11.0. The summed E-state index contributed by atoms with van der Waals surface area (Å²) in [6.45, 7) is 6.81. The maximum Gasteiger partial charge on any atom is 0.164 e. The van der Waals surface area contributed by atoms with Crippen LogP contribution >= 0.6 is 0 Å². The van der Waals surface area contributed by atoms with Gasteiger partial charge in [0.25, 0.3) is 0 Å². The average Bonchev–Trinajstić information content (AvgIpc) is 2.57. The molecule has 0 bridgehead atoms. The predicted molar refractivity (Wildman–Crippen MR) is 65.1 cm³/mol. The monoisotopic (exact) mass is 244 g/mol. The molecule has 1 aliphatic rings. The van der Waals surface area contributed by atoms with E-state index in [2.05, 4.69) is 17.0 Å². The van der Waals surface area contributed by atoms with Gasteiger partial charge in [0.2, 0.25) is 0 Å². The van der Waals surface area contributed by atoms with Crippen LogP contribution in [-0.4, -0.2) is 32.5 Å². The number of aromatic nitrogens is 2. The molecule has 0 radical (unpaired) electrons. The molecule has 1 aromatic rings. The van der Waals surface area contributed by atoms with Crippen molar-refractivity contribution in [1.29, 1.82) is 0 Å². The van der Waals surface area contributed by atoms with E-state index in [1.807, 2.05) is 24.6 Å². The van der Waals surface area contributed by atoms with Crippen LogP contribution in [0.1, 0.15) is 26.0 Å². The van der Waals surface area contributed by atoms with E-state index in [4.69, 9.17) is 5.14 Å². The average molecular weight is 244 g/mol. The molecule has 0 saturated heterocycles. The number of nitrogens with two attached hydrogens (primary N) is 1. The molecule has 2 rings (SSSR count). The van der Waals surface area contributed by atoms with Crippen LogP contribution in [0.2, 0.25) is 0 Å². The highest BCUT2D eigenvalue weighted by Gasteiger charge is 2.15. The molecule has 0 fully saturated rings. The molecule has 0 saturated carbocycles. The Balaban J connectivity index is 0.000000606. The van der Waals surface area contributed by atoms with Gasteiger partial charge in [0, 0.05) is 19.6 Å². The summed E-state index contributed by atoms with van der Waals surface area (Å²) in [6, 6.07) is 1.83. The van der Waals surface area contributed by atoms with Crippen molar-refractivity contribution >= 4 is 11.0 Å². The third-order valence-electron chi connectivity index (χ3n) is 2.39. The topological polar surface area (TPSA) is 64.2 Å². The number of aryl methyl sites for hydroxylation is 1. The number of hydrogen-bond donors (Lipinski definition) is 1. The lowest BCUT2D eigenvalue weighted by Crippen LogP contribution is -2.17. The lowest BCUT2D eigenvalue weighted by Gasteiger charge is -2.10. The number of rotatable bonds is 1.